The predicted molar refractivity (Wildman–Crippen MR) is 48.4 cm³/mol. The minimum atomic E-state index is 0.336. The summed E-state index contributed by atoms with van der Waals surface area (Å²) in [6, 6.07) is 0. The Hall–Kier alpha value is -0.920. The van der Waals surface area contributed by atoms with Crippen LogP contribution in [0.4, 0.5) is 0 Å². The van der Waals surface area contributed by atoms with Crippen LogP contribution >= 0.6 is 0 Å². The van der Waals surface area contributed by atoms with Crippen molar-refractivity contribution in [3.63, 3.8) is 0 Å². The van der Waals surface area contributed by atoms with E-state index < -0.39 is 0 Å². The van der Waals surface area contributed by atoms with E-state index in [1.54, 1.807) is 13.0 Å². The number of hydrogen-bond donors (Lipinski definition) is 2. The second-order valence-corrected chi connectivity index (χ2v) is 2.58. The van der Waals surface area contributed by atoms with Gasteiger partial charge in [0.1, 0.15) is 0 Å². The predicted octanol–water partition coefficient (Wildman–Crippen LogP) is 2.35. The van der Waals surface area contributed by atoms with Crippen LogP contribution in [0.15, 0.2) is 23.6 Å². The van der Waals surface area contributed by atoms with E-state index in [0.717, 1.165) is 18.7 Å². The molecular formula is C9H17NO. The molecule has 0 saturated heterocycles. The minimum Gasteiger partial charge on any atom is -0.513 e. The average molecular weight is 155 g/mol. The molecule has 0 saturated carbocycles. The fourth-order valence-electron chi connectivity index (χ4n) is 0.627. The van der Waals surface area contributed by atoms with Gasteiger partial charge in [-0.1, -0.05) is 6.92 Å². The highest BCUT2D eigenvalue weighted by Crippen LogP contribution is 1.91. The minimum absolute atomic E-state index is 0.336. The van der Waals surface area contributed by atoms with E-state index in [9.17, 15) is 0 Å². The number of aliphatic hydroxyl groups excluding tert-OH is 1. The summed E-state index contributed by atoms with van der Waals surface area (Å²) in [6.07, 6.45) is 4.66. The Bertz CT molecular complexity index is 155. The highest BCUT2D eigenvalue weighted by molar-refractivity contribution is 5.10. The van der Waals surface area contributed by atoms with Crippen LogP contribution in [0.3, 0.4) is 0 Å². The Labute approximate surface area is 68.6 Å². The summed E-state index contributed by atoms with van der Waals surface area (Å²) in [4.78, 5) is 0. The van der Waals surface area contributed by atoms with Gasteiger partial charge in [-0.25, -0.2) is 0 Å². The standard InChI is InChI=1S/C9H17NO/c1-4-7-10-8(2)5-6-9(3)11/h5-6,10-11H,4,7H2,1-3H3/b8-5+,9-6+. The first-order chi connectivity index (χ1) is 5.16. The molecule has 0 heterocycles. The lowest BCUT2D eigenvalue weighted by atomic mass is 10.3. The van der Waals surface area contributed by atoms with Gasteiger partial charge in [0, 0.05) is 12.2 Å². The van der Waals surface area contributed by atoms with Gasteiger partial charge in [0.05, 0.1) is 5.76 Å². The zero-order chi connectivity index (χ0) is 8.69. The van der Waals surface area contributed by atoms with Crippen molar-refractivity contribution in [3.8, 4) is 0 Å². The molecule has 0 aromatic rings. The molecule has 0 fully saturated rings. The van der Waals surface area contributed by atoms with Crippen molar-refractivity contribution in [2.45, 2.75) is 27.2 Å². The number of hydrogen-bond acceptors (Lipinski definition) is 2. The van der Waals surface area contributed by atoms with Gasteiger partial charge in [-0.05, 0) is 32.4 Å². The maximum absolute atomic E-state index is 8.82. The second kappa shape index (κ2) is 5.83. The molecule has 0 aliphatic heterocycles. The Morgan fingerprint density at radius 2 is 2.00 bits per heavy atom. The van der Waals surface area contributed by atoms with Gasteiger partial charge in [0.2, 0.25) is 0 Å². The van der Waals surface area contributed by atoms with E-state index in [0.29, 0.717) is 5.76 Å². The summed E-state index contributed by atoms with van der Waals surface area (Å²) >= 11 is 0. The normalized spacial score (nSPS) is 13.4. The molecule has 0 aliphatic carbocycles. The molecule has 64 valence electrons. The first-order valence-corrected chi connectivity index (χ1v) is 3.94. The van der Waals surface area contributed by atoms with Crippen LogP contribution in [0.5, 0.6) is 0 Å². The molecule has 0 unspecified atom stereocenters. The van der Waals surface area contributed by atoms with Gasteiger partial charge in [-0.3, -0.25) is 0 Å². The SMILES string of the molecule is CCCN/C(C)=C/C=C(\C)O. The number of rotatable bonds is 4. The van der Waals surface area contributed by atoms with Crippen LogP contribution in [-0.4, -0.2) is 11.7 Å². The van der Waals surface area contributed by atoms with Crippen molar-refractivity contribution in [1.82, 2.24) is 5.32 Å². The molecule has 0 rings (SSSR count). The maximum atomic E-state index is 8.82. The third-order valence-electron chi connectivity index (χ3n) is 1.23. The average Bonchev–Trinajstić information content (AvgIpc) is 1.97. The van der Waals surface area contributed by atoms with E-state index >= 15 is 0 Å². The zero-order valence-corrected chi connectivity index (χ0v) is 7.52. The molecule has 2 N–H and O–H groups in total. The van der Waals surface area contributed by atoms with Crippen molar-refractivity contribution >= 4 is 0 Å². The highest BCUT2D eigenvalue weighted by Gasteiger charge is 1.83. The van der Waals surface area contributed by atoms with Crippen LogP contribution in [0.25, 0.3) is 0 Å². The third kappa shape index (κ3) is 6.97. The Morgan fingerprint density at radius 3 is 2.45 bits per heavy atom. The summed E-state index contributed by atoms with van der Waals surface area (Å²) in [5.41, 5.74) is 1.08. The summed E-state index contributed by atoms with van der Waals surface area (Å²) < 4.78 is 0. The summed E-state index contributed by atoms with van der Waals surface area (Å²) in [5, 5.41) is 12.0. The maximum Gasteiger partial charge on any atom is 0.0892 e. The molecular weight excluding hydrogens is 138 g/mol. The van der Waals surface area contributed by atoms with Gasteiger partial charge in [-0.2, -0.15) is 0 Å². The molecule has 0 radical (unpaired) electrons. The molecule has 2 nitrogen and oxygen atoms in total. The molecule has 2 heteroatoms. The van der Waals surface area contributed by atoms with Crippen molar-refractivity contribution < 1.29 is 5.11 Å². The topological polar surface area (TPSA) is 32.3 Å². The van der Waals surface area contributed by atoms with Crippen LogP contribution in [0.1, 0.15) is 27.2 Å². The molecule has 0 amide bonds. The Kier molecular flexibility index (Phi) is 5.35. The van der Waals surface area contributed by atoms with Crippen molar-refractivity contribution in [2.75, 3.05) is 6.54 Å². The number of nitrogens with one attached hydrogen (secondary N) is 1. The summed E-state index contributed by atoms with van der Waals surface area (Å²) in [6.45, 7) is 6.74. The fraction of sp³-hybridized carbons (Fsp3) is 0.556. The molecule has 0 spiro atoms. The Morgan fingerprint density at radius 1 is 1.36 bits per heavy atom. The van der Waals surface area contributed by atoms with Crippen LogP contribution in [0, 0.1) is 0 Å². The molecule has 0 aliphatic rings. The lowest BCUT2D eigenvalue weighted by molar-refractivity contribution is 0.414. The van der Waals surface area contributed by atoms with E-state index in [2.05, 4.69) is 12.2 Å². The van der Waals surface area contributed by atoms with Crippen molar-refractivity contribution in [3.05, 3.63) is 23.6 Å². The molecule has 0 aromatic heterocycles. The number of aliphatic hydroxyl groups is 1. The van der Waals surface area contributed by atoms with E-state index in [-0.39, 0.29) is 0 Å². The fourth-order valence-corrected chi connectivity index (χ4v) is 0.627. The molecule has 0 atom stereocenters. The smallest absolute Gasteiger partial charge is 0.0892 e. The summed E-state index contributed by atoms with van der Waals surface area (Å²) in [7, 11) is 0. The number of allylic oxidation sites excluding steroid dienone is 4. The van der Waals surface area contributed by atoms with Gasteiger partial charge < -0.3 is 10.4 Å². The second-order valence-electron chi connectivity index (χ2n) is 2.58. The highest BCUT2D eigenvalue weighted by atomic mass is 16.3. The molecule has 0 bridgehead atoms. The summed E-state index contributed by atoms with van der Waals surface area (Å²) in [5.74, 6) is 0.336. The van der Waals surface area contributed by atoms with Crippen LogP contribution in [-0.2, 0) is 0 Å². The Balaban J connectivity index is 3.72. The lowest BCUT2D eigenvalue weighted by Crippen LogP contribution is -2.11. The quantitative estimate of drug-likeness (QED) is 0.482. The lowest BCUT2D eigenvalue weighted by Gasteiger charge is -2.01. The monoisotopic (exact) mass is 155 g/mol. The first-order valence-electron chi connectivity index (χ1n) is 3.94. The first kappa shape index (κ1) is 10.1. The molecule has 0 aromatic carbocycles. The van der Waals surface area contributed by atoms with Crippen LogP contribution < -0.4 is 5.32 Å². The molecule has 11 heavy (non-hydrogen) atoms. The zero-order valence-electron chi connectivity index (χ0n) is 7.52. The van der Waals surface area contributed by atoms with Crippen molar-refractivity contribution in [1.29, 1.82) is 0 Å². The van der Waals surface area contributed by atoms with Crippen molar-refractivity contribution in [2.24, 2.45) is 0 Å². The van der Waals surface area contributed by atoms with Gasteiger partial charge >= 0.3 is 0 Å². The van der Waals surface area contributed by atoms with Crippen LogP contribution in [0.2, 0.25) is 0 Å². The van der Waals surface area contributed by atoms with E-state index in [1.807, 2.05) is 13.0 Å². The van der Waals surface area contributed by atoms with Gasteiger partial charge in [-0.15, -0.1) is 0 Å². The third-order valence-corrected chi connectivity index (χ3v) is 1.23. The van der Waals surface area contributed by atoms with E-state index in [1.165, 1.54) is 0 Å². The largest absolute Gasteiger partial charge is 0.513 e. The van der Waals surface area contributed by atoms with Gasteiger partial charge in [0.25, 0.3) is 0 Å². The van der Waals surface area contributed by atoms with E-state index in [4.69, 9.17) is 5.11 Å². The van der Waals surface area contributed by atoms with Gasteiger partial charge in [0.15, 0.2) is 0 Å².